The summed E-state index contributed by atoms with van der Waals surface area (Å²) in [7, 11) is 0. The highest BCUT2D eigenvalue weighted by molar-refractivity contribution is 8.12. The monoisotopic (exact) mass is 270 g/mol. The van der Waals surface area contributed by atoms with E-state index in [9.17, 15) is 0 Å². The van der Waals surface area contributed by atoms with Gasteiger partial charge in [-0.25, -0.2) is 0 Å². The van der Waals surface area contributed by atoms with E-state index in [1.54, 1.807) is 11.8 Å². The van der Waals surface area contributed by atoms with Crippen LogP contribution in [0.4, 0.5) is 0 Å². The zero-order valence-electron chi connectivity index (χ0n) is 12.7. The lowest BCUT2D eigenvalue weighted by atomic mass is 10.1. The van der Waals surface area contributed by atoms with Gasteiger partial charge in [-0.2, -0.15) is 0 Å². The summed E-state index contributed by atoms with van der Waals surface area (Å²) in [4.78, 5) is 4.29. The summed E-state index contributed by atoms with van der Waals surface area (Å²) >= 11 is 1.70. The summed E-state index contributed by atoms with van der Waals surface area (Å²) in [5, 5.41) is 0.612. The van der Waals surface area contributed by atoms with Crippen molar-refractivity contribution in [3.8, 4) is 0 Å². The molecule has 0 rings (SSSR count). The van der Waals surface area contributed by atoms with Crippen LogP contribution in [0.3, 0.4) is 0 Å². The Bertz CT molecular complexity index is 178. The van der Waals surface area contributed by atoms with Crippen LogP contribution in [0.1, 0.15) is 85.0 Å². The molecule has 0 heterocycles. The zero-order valence-corrected chi connectivity index (χ0v) is 13.5. The molecule has 0 aliphatic carbocycles. The van der Waals surface area contributed by atoms with Crippen molar-refractivity contribution >= 4 is 17.3 Å². The molecule has 0 saturated heterocycles. The Kier molecular flexibility index (Phi) is 15.1. The Morgan fingerprint density at radius 3 is 1.83 bits per heavy atom. The van der Waals surface area contributed by atoms with Crippen LogP contribution in [0.2, 0.25) is 0 Å². The third-order valence-electron chi connectivity index (χ3n) is 2.98. The Morgan fingerprint density at radius 2 is 1.33 bits per heavy atom. The van der Waals surface area contributed by atoms with Crippen molar-refractivity contribution in [2.75, 3.05) is 6.54 Å². The minimum atomic E-state index is 0.612. The lowest BCUT2D eigenvalue weighted by Gasteiger charge is -2.01. The minimum Gasteiger partial charge on any atom is -0.276 e. The molecule has 0 aliphatic rings. The molecule has 0 atom stereocenters. The van der Waals surface area contributed by atoms with Crippen molar-refractivity contribution in [1.29, 1.82) is 0 Å². The van der Waals surface area contributed by atoms with Gasteiger partial charge in [0.2, 0.25) is 0 Å². The Balaban J connectivity index is 3.01. The molecule has 107 valence electrons. The van der Waals surface area contributed by atoms with E-state index in [4.69, 9.17) is 0 Å². The maximum atomic E-state index is 4.29. The summed E-state index contributed by atoms with van der Waals surface area (Å²) in [6.45, 7) is 7.59. The average Bonchev–Trinajstić information content (AvgIpc) is 2.34. The predicted molar refractivity (Wildman–Crippen MR) is 86.9 cm³/mol. The van der Waals surface area contributed by atoms with E-state index in [-0.39, 0.29) is 0 Å². The molecule has 2 heteroatoms. The maximum Gasteiger partial charge on any atom is 0.123 e. The van der Waals surface area contributed by atoms with Gasteiger partial charge in [0, 0.05) is 11.8 Å². The van der Waals surface area contributed by atoms with E-state index in [2.05, 4.69) is 31.3 Å². The van der Waals surface area contributed by atoms with E-state index in [1.807, 2.05) is 0 Å². The first-order chi connectivity index (χ1) is 8.77. The lowest BCUT2D eigenvalue weighted by molar-refractivity contribution is 0.558. The summed E-state index contributed by atoms with van der Waals surface area (Å²) < 4.78 is 0. The zero-order chi connectivity index (χ0) is 13.5. The van der Waals surface area contributed by atoms with Gasteiger partial charge in [0.15, 0.2) is 0 Å². The highest BCUT2D eigenvalue weighted by Gasteiger charge is 1.92. The van der Waals surface area contributed by atoms with Crippen LogP contribution in [0.5, 0.6) is 0 Å². The van der Waals surface area contributed by atoms with Crippen LogP contribution in [-0.4, -0.2) is 17.3 Å². The average molecular weight is 271 g/mol. The van der Waals surface area contributed by atoms with Crippen LogP contribution >= 0.6 is 11.8 Å². The highest BCUT2D eigenvalue weighted by atomic mass is 32.2. The van der Waals surface area contributed by atoms with E-state index in [0.29, 0.717) is 5.25 Å². The maximum absolute atomic E-state index is 4.29. The molecular weight excluding hydrogens is 238 g/mol. The highest BCUT2D eigenvalue weighted by Crippen LogP contribution is 2.10. The fourth-order valence-corrected chi connectivity index (χ4v) is 2.24. The van der Waals surface area contributed by atoms with Gasteiger partial charge in [-0.15, -0.1) is 11.8 Å². The molecule has 1 nitrogen and oxygen atoms in total. The van der Waals surface area contributed by atoms with E-state index in [0.717, 1.165) is 6.54 Å². The first-order valence-corrected chi connectivity index (χ1v) is 8.72. The fraction of sp³-hybridized carbons (Fsp3) is 0.938. The van der Waals surface area contributed by atoms with E-state index >= 15 is 0 Å². The molecule has 0 aromatic carbocycles. The van der Waals surface area contributed by atoms with Crippen LogP contribution in [0, 0.1) is 0 Å². The number of unbranched alkanes of at least 4 members (excludes halogenated alkanes) is 9. The fourth-order valence-electron chi connectivity index (χ4n) is 1.87. The molecule has 0 bridgehead atoms. The molecule has 0 amide bonds. The first kappa shape index (κ1) is 18.0. The van der Waals surface area contributed by atoms with Gasteiger partial charge in [0.25, 0.3) is 0 Å². The van der Waals surface area contributed by atoms with Crippen molar-refractivity contribution in [2.24, 2.45) is 4.99 Å². The molecule has 18 heavy (non-hydrogen) atoms. The summed E-state index contributed by atoms with van der Waals surface area (Å²) in [6.07, 6.45) is 13.9. The van der Waals surface area contributed by atoms with Gasteiger partial charge in [0.05, 0.1) is 0 Å². The quantitative estimate of drug-likeness (QED) is 0.229. The second-order valence-electron chi connectivity index (χ2n) is 5.32. The second-order valence-corrected chi connectivity index (χ2v) is 6.68. The van der Waals surface area contributed by atoms with Crippen molar-refractivity contribution in [2.45, 2.75) is 90.2 Å². The molecule has 0 spiro atoms. The molecule has 0 unspecified atom stereocenters. The van der Waals surface area contributed by atoms with Gasteiger partial charge in [-0.3, -0.25) is 4.99 Å². The summed E-state index contributed by atoms with van der Waals surface area (Å²) in [6, 6.07) is 0. The normalized spacial score (nSPS) is 11.8. The van der Waals surface area contributed by atoms with E-state index in [1.165, 1.54) is 64.2 Å². The Hall–Kier alpha value is 0.0200. The Labute approximate surface area is 119 Å². The van der Waals surface area contributed by atoms with E-state index < -0.39 is 0 Å². The van der Waals surface area contributed by atoms with Crippen molar-refractivity contribution in [1.82, 2.24) is 0 Å². The second kappa shape index (κ2) is 15.1. The topological polar surface area (TPSA) is 12.4 Å². The molecule has 0 N–H and O–H groups in total. The van der Waals surface area contributed by atoms with Crippen molar-refractivity contribution in [3.63, 3.8) is 0 Å². The van der Waals surface area contributed by atoms with Crippen LogP contribution in [0.15, 0.2) is 4.99 Å². The van der Waals surface area contributed by atoms with Gasteiger partial charge in [-0.05, 0) is 6.42 Å². The van der Waals surface area contributed by atoms with Crippen LogP contribution < -0.4 is 0 Å². The third kappa shape index (κ3) is 16.0. The largest absolute Gasteiger partial charge is 0.276 e. The number of aliphatic imine (C=N–C) groups is 1. The number of hydrogen-bond acceptors (Lipinski definition) is 2. The van der Waals surface area contributed by atoms with Gasteiger partial charge >= 0.3 is 0 Å². The molecule has 0 aromatic rings. The molecule has 0 aliphatic heterocycles. The summed E-state index contributed by atoms with van der Waals surface area (Å²) in [5.41, 5.74) is 3.06. The van der Waals surface area contributed by atoms with Gasteiger partial charge in [-0.1, -0.05) is 78.6 Å². The lowest BCUT2D eigenvalue weighted by Crippen LogP contribution is -1.87. The number of nitrogens with zero attached hydrogens (tertiary/aromatic N) is 1. The van der Waals surface area contributed by atoms with Gasteiger partial charge < -0.3 is 0 Å². The predicted octanol–water partition coefficient (Wildman–Crippen LogP) is 5.95. The molecule has 0 aromatic heterocycles. The first-order valence-electron chi connectivity index (χ1n) is 7.84. The molecule has 0 saturated carbocycles. The van der Waals surface area contributed by atoms with Crippen molar-refractivity contribution in [3.05, 3.63) is 0 Å². The van der Waals surface area contributed by atoms with Crippen molar-refractivity contribution < 1.29 is 0 Å². The Morgan fingerprint density at radius 1 is 0.833 bits per heavy atom. The van der Waals surface area contributed by atoms with Gasteiger partial charge in [0.1, 0.15) is 5.55 Å². The smallest absolute Gasteiger partial charge is 0.123 e. The minimum absolute atomic E-state index is 0.612. The molecule has 0 fully saturated rings. The number of rotatable bonds is 13. The summed E-state index contributed by atoms with van der Waals surface area (Å²) in [5.74, 6) is 0. The molecule has 1 radical (unpaired) electrons. The number of hydrogen-bond donors (Lipinski definition) is 0. The number of thioether (sulfide) groups is 1. The molecular formula is C16H32NS. The SMILES string of the molecule is CCCCCCCCCCCCN=[C]SC(C)C. The third-order valence-corrected chi connectivity index (χ3v) is 3.68. The van der Waals surface area contributed by atoms with Crippen LogP contribution in [0.25, 0.3) is 0 Å². The van der Waals surface area contributed by atoms with Crippen LogP contribution in [-0.2, 0) is 0 Å². The standard InChI is InChI=1S/C16H32NS/c1-4-5-6-7-8-9-10-11-12-13-14-17-15-18-16(2)3/h16H,4-14H2,1-3H3.